The Bertz CT molecular complexity index is 892. The SMILES string of the molecule is NC1CCC(C2(N)C=C(Nc3cccc4c3CCCC4)c3nccn3N2)CC1. The lowest BCUT2D eigenvalue weighted by Crippen LogP contribution is -2.58. The molecule has 1 saturated carbocycles. The van der Waals surface area contributed by atoms with E-state index in [1.54, 1.807) is 0 Å². The van der Waals surface area contributed by atoms with Crippen molar-refractivity contribution < 1.29 is 0 Å². The van der Waals surface area contributed by atoms with Gasteiger partial charge < -0.3 is 22.2 Å². The molecule has 2 aliphatic carbocycles. The van der Waals surface area contributed by atoms with Crippen LogP contribution in [0, 0.1) is 5.92 Å². The maximum Gasteiger partial charge on any atom is 0.174 e. The molecule has 1 atom stereocenters. The van der Waals surface area contributed by atoms with E-state index in [4.69, 9.17) is 11.5 Å². The van der Waals surface area contributed by atoms with Gasteiger partial charge in [-0.2, -0.15) is 0 Å². The third-order valence-corrected chi connectivity index (χ3v) is 6.69. The van der Waals surface area contributed by atoms with E-state index in [1.807, 2.05) is 17.1 Å². The minimum absolute atomic E-state index is 0.310. The molecule has 2 heterocycles. The summed E-state index contributed by atoms with van der Waals surface area (Å²) in [5, 5.41) is 3.69. The van der Waals surface area contributed by atoms with Crippen molar-refractivity contribution in [3.63, 3.8) is 0 Å². The summed E-state index contributed by atoms with van der Waals surface area (Å²) in [6.07, 6.45) is 14.9. The molecular formula is C22H30N6. The molecule has 0 bridgehead atoms. The molecule has 1 aliphatic heterocycles. The van der Waals surface area contributed by atoms with Crippen molar-refractivity contribution in [1.82, 2.24) is 9.66 Å². The zero-order valence-electron chi connectivity index (χ0n) is 16.3. The summed E-state index contributed by atoms with van der Waals surface area (Å²) in [5.74, 6) is 1.23. The predicted octanol–water partition coefficient (Wildman–Crippen LogP) is 2.94. The fourth-order valence-electron chi connectivity index (χ4n) is 5.08. The van der Waals surface area contributed by atoms with Crippen LogP contribution in [0.4, 0.5) is 5.69 Å². The number of nitrogens with two attached hydrogens (primary N) is 2. The van der Waals surface area contributed by atoms with Crippen molar-refractivity contribution in [2.45, 2.75) is 63.1 Å². The fraction of sp³-hybridized carbons (Fsp3) is 0.500. The van der Waals surface area contributed by atoms with Crippen LogP contribution in [0.3, 0.4) is 0 Å². The second kappa shape index (κ2) is 6.94. The summed E-state index contributed by atoms with van der Waals surface area (Å²) < 4.78 is 1.96. The topological polar surface area (TPSA) is 93.9 Å². The number of nitrogens with zero attached hydrogens (tertiary/aromatic N) is 2. The number of aromatic nitrogens is 2. The van der Waals surface area contributed by atoms with Crippen molar-refractivity contribution in [1.29, 1.82) is 0 Å². The highest BCUT2D eigenvalue weighted by Crippen LogP contribution is 2.36. The highest BCUT2D eigenvalue weighted by Gasteiger charge is 2.39. The van der Waals surface area contributed by atoms with Crippen molar-refractivity contribution in [2.24, 2.45) is 17.4 Å². The number of hydrogen-bond acceptors (Lipinski definition) is 5. The average Bonchev–Trinajstić information content (AvgIpc) is 3.17. The molecule has 6 heteroatoms. The minimum atomic E-state index is -0.606. The molecular weight excluding hydrogens is 348 g/mol. The molecule has 2 aromatic rings. The minimum Gasteiger partial charge on any atom is -0.352 e. The van der Waals surface area contributed by atoms with Crippen LogP contribution < -0.4 is 22.2 Å². The van der Waals surface area contributed by atoms with Gasteiger partial charge in [-0.15, -0.1) is 0 Å². The Morgan fingerprint density at radius 3 is 2.82 bits per heavy atom. The second-order valence-corrected chi connectivity index (χ2v) is 8.61. The Morgan fingerprint density at radius 1 is 1.14 bits per heavy atom. The predicted molar refractivity (Wildman–Crippen MR) is 113 cm³/mol. The van der Waals surface area contributed by atoms with Gasteiger partial charge in [-0.3, -0.25) is 0 Å². The molecule has 28 heavy (non-hydrogen) atoms. The largest absolute Gasteiger partial charge is 0.352 e. The summed E-state index contributed by atoms with van der Waals surface area (Å²) in [4.78, 5) is 4.56. The van der Waals surface area contributed by atoms with Gasteiger partial charge >= 0.3 is 0 Å². The third kappa shape index (κ3) is 3.10. The van der Waals surface area contributed by atoms with Gasteiger partial charge in [-0.05, 0) is 74.6 Å². The van der Waals surface area contributed by atoms with Gasteiger partial charge in [0.25, 0.3) is 0 Å². The second-order valence-electron chi connectivity index (χ2n) is 8.61. The van der Waals surface area contributed by atoms with Crippen LogP contribution in [-0.4, -0.2) is 21.4 Å². The molecule has 6 N–H and O–H groups in total. The van der Waals surface area contributed by atoms with Gasteiger partial charge in [0.2, 0.25) is 0 Å². The van der Waals surface area contributed by atoms with Gasteiger partial charge in [-0.1, -0.05) is 12.1 Å². The smallest absolute Gasteiger partial charge is 0.174 e. The Kier molecular flexibility index (Phi) is 4.40. The molecule has 0 spiro atoms. The van der Waals surface area contributed by atoms with Crippen LogP contribution >= 0.6 is 0 Å². The van der Waals surface area contributed by atoms with E-state index < -0.39 is 5.66 Å². The number of anilines is 1. The number of fused-ring (bicyclic) bond motifs is 2. The van der Waals surface area contributed by atoms with Gasteiger partial charge in [-0.25, -0.2) is 9.66 Å². The monoisotopic (exact) mass is 378 g/mol. The van der Waals surface area contributed by atoms with Crippen LogP contribution in [0.5, 0.6) is 0 Å². The molecule has 0 amide bonds. The lowest BCUT2D eigenvalue weighted by atomic mass is 9.78. The number of hydrogen-bond donors (Lipinski definition) is 4. The van der Waals surface area contributed by atoms with Gasteiger partial charge in [0, 0.05) is 30.0 Å². The number of aryl methyl sites for hydroxylation is 1. The van der Waals surface area contributed by atoms with E-state index >= 15 is 0 Å². The van der Waals surface area contributed by atoms with Gasteiger partial charge in [0.15, 0.2) is 5.82 Å². The van der Waals surface area contributed by atoms with Crippen LogP contribution in [0.2, 0.25) is 0 Å². The number of nitrogens with one attached hydrogen (secondary N) is 2. The average molecular weight is 379 g/mol. The molecule has 3 aliphatic rings. The summed E-state index contributed by atoms with van der Waals surface area (Å²) >= 11 is 0. The van der Waals surface area contributed by atoms with Crippen LogP contribution in [0.15, 0.2) is 36.7 Å². The maximum atomic E-state index is 6.92. The van der Waals surface area contributed by atoms with Crippen LogP contribution in [0.25, 0.3) is 5.70 Å². The highest BCUT2D eigenvalue weighted by atomic mass is 15.5. The summed E-state index contributed by atoms with van der Waals surface area (Å²) in [6, 6.07) is 6.90. The molecule has 1 unspecified atom stereocenters. The van der Waals surface area contributed by atoms with Crippen molar-refractivity contribution in [3.05, 3.63) is 53.6 Å². The Hall–Kier alpha value is -2.31. The number of imidazole rings is 1. The van der Waals surface area contributed by atoms with E-state index in [0.717, 1.165) is 43.6 Å². The molecule has 5 rings (SSSR count). The highest BCUT2D eigenvalue weighted by molar-refractivity contribution is 5.78. The van der Waals surface area contributed by atoms with E-state index in [1.165, 1.54) is 36.1 Å². The summed E-state index contributed by atoms with van der Waals surface area (Å²) in [7, 11) is 0. The molecule has 148 valence electrons. The lowest BCUT2D eigenvalue weighted by molar-refractivity contribution is 0.239. The maximum absolute atomic E-state index is 6.92. The standard InChI is InChI=1S/C22H30N6/c23-17-10-8-16(9-11-17)22(24)14-20(21-25-12-13-28(21)27-22)26-19-7-3-5-15-4-1-2-6-18(15)19/h3,5,7,12-14,16-17,26-27H,1-2,4,6,8-11,23-24H2. The molecule has 1 aromatic carbocycles. The van der Waals surface area contributed by atoms with Gasteiger partial charge in [0.1, 0.15) is 5.66 Å². The Balaban J connectivity index is 1.49. The molecule has 6 nitrogen and oxygen atoms in total. The first-order valence-corrected chi connectivity index (χ1v) is 10.6. The Morgan fingerprint density at radius 2 is 1.96 bits per heavy atom. The van der Waals surface area contributed by atoms with E-state index in [9.17, 15) is 0 Å². The number of benzene rings is 1. The van der Waals surface area contributed by atoms with Crippen molar-refractivity contribution in [3.8, 4) is 0 Å². The van der Waals surface area contributed by atoms with E-state index in [0.29, 0.717) is 12.0 Å². The number of rotatable bonds is 3. The Labute approximate surface area is 166 Å². The third-order valence-electron chi connectivity index (χ3n) is 6.69. The zero-order chi connectivity index (χ0) is 19.1. The normalized spacial score (nSPS) is 29.3. The quantitative estimate of drug-likeness (QED) is 0.659. The lowest BCUT2D eigenvalue weighted by Gasteiger charge is -2.43. The zero-order valence-corrected chi connectivity index (χ0v) is 16.3. The molecule has 1 aromatic heterocycles. The van der Waals surface area contributed by atoms with E-state index in [2.05, 4.69) is 40.0 Å². The molecule has 0 saturated heterocycles. The van der Waals surface area contributed by atoms with E-state index in [-0.39, 0.29) is 0 Å². The van der Waals surface area contributed by atoms with Crippen LogP contribution in [0.1, 0.15) is 55.5 Å². The van der Waals surface area contributed by atoms with Crippen LogP contribution in [-0.2, 0) is 12.8 Å². The fourth-order valence-corrected chi connectivity index (χ4v) is 5.08. The first kappa shape index (κ1) is 17.8. The first-order valence-electron chi connectivity index (χ1n) is 10.6. The summed E-state index contributed by atoms with van der Waals surface area (Å²) in [5.41, 5.74) is 21.0. The summed E-state index contributed by atoms with van der Waals surface area (Å²) in [6.45, 7) is 0. The molecule has 1 fully saturated rings. The van der Waals surface area contributed by atoms with Gasteiger partial charge in [0.05, 0.1) is 5.70 Å². The molecule has 0 radical (unpaired) electrons. The van der Waals surface area contributed by atoms with Crippen molar-refractivity contribution in [2.75, 3.05) is 10.7 Å². The first-order chi connectivity index (χ1) is 13.6. The van der Waals surface area contributed by atoms with Crippen molar-refractivity contribution >= 4 is 11.4 Å².